The lowest BCUT2D eigenvalue weighted by Gasteiger charge is -2.25. The van der Waals surface area contributed by atoms with Gasteiger partial charge in [0.1, 0.15) is 0 Å². The van der Waals surface area contributed by atoms with Crippen molar-refractivity contribution in [1.82, 2.24) is 9.80 Å². The fraction of sp³-hybridized carbons (Fsp3) is 0.900. The lowest BCUT2D eigenvalue weighted by Crippen LogP contribution is -2.42. The van der Waals surface area contributed by atoms with E-state index in [4.69, 9.17) is 5.11 Å². The van der Waals surface area contributed by atoms with Gasteiger partial charge in [-0.1, -0.05) is 0 Å². The Balaban J connectivity index is 2.45. The third-order valence-electron chi connectivity index (χ3n) is 2.85. The first-order valence-electron chi connectivity index (χ1n) is 5.37. The van der Waals surface area contributed by atoms with E-state index in [1.54, 1.807) is 0 Å². The third kappa shape index (κ3) is 2.38. The molecule has 1 heterocycles. The van der Waals surface area contributed by atoms with Crippen molar-refractivity contribution in [3.05, 3.63) is 0 Å². The van der Waals surface area contributed by atoms with E-state index < -0.39 is 0 Å². The van der Waals surface area contributed by atoms with Gasteiger partial charge in [0.25, 0.3) is 0 Å². The van der Waals surface area contributed by atoms with Crippen molar-refractivity contribution in [1.29, 1.82) is 0 Å². The number of amides is 2. The lowest BCUT2D eigenvalue weighted by molar-refractivity contribution is 0.162. The predicted octanol–water partition coefficient (Wildman–Crippen LogP) is 0.762. The number of hydrogen-bond acceptors (Lipinski definition) is 2. The molecule has 1 atom stereocenters. The summed E-state index contributed by atoms with van der Waals surface area (Å²) in [6, 6.07) is 0.117. The van der Waals surface area contributed by atoms with Gasteiger partial charge in [-0.25, -0.2) is 4.79 Å². The molecule has 14 heavy (non-hydrogen) atoms. The fourth-order valence-corrected chi connectivity index (χ4v) is 1.85. The zero-order valence-corrected chi connectivity index (χ0v) is 9.07. The van der Waals surface area contributed by atoms with Crippen LogP contribution >= 0.6 is 0 Å². The van der Waals surface area contributed by atoms with Gasteiger partial charge >= 0.3 is 6.03 Å². The molecule has 1 unspecified atom stereocenters. The van der Waals surface area contributed by atoms with Gasteiger partial charge in [0.05, 0.1) is 0 Å². The van der Waals surface area contributed by atoms with E-state index in [0.717, 1.165) is 26.1 Å². The maximum Gasteiger partial charge on any atom is 0.319 e. The molecule has 0 aromatic carbocycles. The second-order valence-electron chi connectivity index (χ2n) is 3.74. The second-order valence-corrected chi connectivity index (χ2v) is 3.74. The molecule has 0 radical (unpaired) electrons. The quantitative estimate of drug-likeness (QED) is 0.731. The van der Waals surface area contributed by atoms with Crippen LogP contribution in [0.2, 0.25) is 0 Å². The monoisotopic (exact) mass is 200 g/mol. The summed E-state index contributed by atoms with van der Waals surface area (Å²) in [5.74, 6) is 0.287. The van der Waals surface area contributed by atoms with Crippen LogP contribution < -0.4 is 0 Å². The smallest absolute Gasteiger partial charge is 0.319 e. The molecular formula is C10H20N2O2. The number of aliphatic hydroxyl groups excluding tert-OH is 1. The summed E-state index contributed by atoms with van der Waals surface area (Å²) in [5, 5.41) is 8.97. The van der Waals surface area contributed by atoms with Crippen LogP contribution in [0.1, 0.15) is 20.3 Å². The van der Waals surface area contributed by atoms with Crippen molar-refractivity contribution in [2.75, 3.05) is 32.8 Å². The topological polar surface area (TPSA) is 43.8 Å². The molecule has 1 aliphatic rings. The minimum atomic E-state index is 0.117. The van der Waals surface area contributed by atoms with Crippen LogP contribution in [-0.2, 0) is 0 Å². The highest BCUT2D eigenvalue weighted by molar-refractivity contribution is 5.74. The van der Waals surface area contributed by atoms with Crippen LogP contribution in [0.3, 0.4) is 0 Å². The zero-order valence-electron chi connectivity index (χ0n) is 9.07. The highest BCUT2D eigenvalue weighted by Crippen LogP contribution is 2.16. The first kappa shape index (κ1) is 11.3. The summed E-state index contributed by atoms with van der Waals surface area (Å²) in [5.41, 5.74) is 0. The molecule has 1 saturated heterocycles. The van der Waals surface area contributed by atoms with Crippen molar-refractivity contribution in [2.24, 2.45) is 5.92 Å². The summed E-state index contributed by atoms with van der Waals surface area (Å²) in [7, 11) is 0. The van der Waals surface area contributed by atoms with E-state index in [2.05, 4.69) is 0 Å². The van der Waals surface area contributed by atoms with Gasteiger partial charge in [-0.05, 0) is 20.3 Å². The number of rotatable bonds is 3. The molecule has 1 aliphatic heterocycles. The van der Waals surface area contributed by atoms with E-state index in [1.165, 1.54) is 0 Å². The molecule has 4 nitrogen and oxygen atoms in total. The third-order valence-corrected chi connectivity index (χ3v) is 2.85. The van der Waals surface area contributed by atoms with Crippen molar-refractivity contribution in [3.8, 4) is 0 Å². The Labute approximate surface area is 85.5 Å². The van der Waals surface area contributed by atoms with Gasteiger partial charge in [-0.2, -0.15) is 0 Å². The fourth-order valence-electron chi connectivity index (χ4n) is 1.85. The summed E-state index contributed by atoms with van der Waals surface area (Å²) < 4.78 is 0. The van der Waals surface area contributed by atoms with Gasteiger partial charge in [-0.15, -0.1) is 0 Å². The second kappa shape index (κ2) is 5.20. The maximum atomic E-state index is 11.8. The number of carbonyl (C=O) groups excluding carboxylic acids is 1. The lowest BCUT2D eigenvalue weighted by atomic mass is 10.1. The standard InChI is InChI=1S/C10H20N2O2/c1-3-11(4-2)10(14)12-6-5-9(7-12)8-13/h9,13H,3-8H2,1-2H3. The van der Waals surface area contributed by atoms with Gasteiger partial charge < -0.3 is 14.9 Å². The first-order chi connectivity index (χ1) is 6.72. The molecule has 2 amide bonds. The maximum absolute atomic E-state index is 11.8. The van der Waals surface area contributed by atoms with Crippen LogP contribution in [0.4, 0.5) is 4.79 Å². The molecule has 1 fully saturated rings. The zero-order chi connectivity index (χ0) is 10.6. The van der Waals surface area contributed by atoms with E-state index in [1.807, 2.05) is 23.6 Å². The largest absolute Gasteiger partial charge is 0.396 e. The molecule has 0 aliphatic carbocycles. The Morgan fingerprint density at radius 2 is 2.14 bits per heavy atom. The number of aliphatic hydroxyl groups is 1. The average molecular weight is 200 g/mol. The van der Waals surface area contributed by atoms with Crippen molar-refractivity contribution in [3.63, 3.8) is 0 Å². The predicted molar refractivity (Wildman–Crippen MR) is 55.1 cm³/mol. The molecule has 1 N–H and O–H groups in total. The van der Waals surface area contributed by atoms with Crippen LogP contribution in [-0.4, -0.2) is 53.7 Å². The van der Waals surface area contributed by atoms with Crippen LogP contribution in [0.15, 0.2) is 0 Å². The van der Waals surface area contributed by atoms with Crippen LogP contribution in [0.25, 0.3) is 0 Å². The molecule has 0 spiro atoms. The Kier molecular flexibility index (Phi) is 4.20. The van der Waals surface area contributed by atoms with Crippen molar-refractivity contribution >= 4 is 6.03 Å². The number of hydrogen-bond donors (Lipinski definition) is 1. The summed E-state index contributed by atoms with van der Waals surface area (Å²) in [6.45, 7) is 7.20. The summed E-state index contributed by atoms with van der Waals surface area (Å²) >= 11 is 0. The number of nitrogens with zero attached hydrogens (tertiary/aromatic N) is 2. The Morgan fingerprint density at radius 1 is 1.50 bits per heavy atom. The average Bonchev–Trinajstić information content (AvgIpc) is 2.67. The van der Waals surface area contributed by atoms with Crippen LogP contribution in [0, 0.1) is 5.92 Å². The Bertz CT molecular complexity index is 193. The number of likely N-dealkylation sites (tertiary alicyclic amines) is 1. The minimum absolute atomic E-state index is 0.117. The van der Waals surface area contributed by atoms with Crippen LogP contribution in [0.5, 0.6) is 0 Å². The van der Waals surface area contributed by atoms with E-state index in [0.29, 0.717) is 6.54 Å². The normalized spacial score (nSPS) is 21.4. The Hall–Kier alpha value is -0.770. The van der Waals surface area contributed by atoms with E-state index >= 15 is 0 Å². The molecular weight excluding hydrogens is 180 g/mol. The number of urea groups is 1. The SMILES string of the molecule is CCN(CC)C(=O)N1CCC(CO)C1. The molecule has 0 saturated carbocycles. The first-order valence-corrected chi connectivity index (χ1v) is 5.37. The molecule has 82 valence electrons. The van der Waals surface area contributed by atoms with Crippen molar-refractivity contribution < 1.29 is 9.90 Å². The minimum Gasteiger partial charge on any atom is -0.396 e. The molecule has 0 aromatic heterocycles. The van der Waals surface area contributed by atoms with Gasteiger partial charge in [0, 0.05) is 38.7 Å². The molecule has 0 aromatic rings. The van der Waals surface area contributed by atoms with Crippen molar-refractivity contribution in [2.45, 2.75) is 20.3 Å². The van der Waals surface area contributed by atoms with Gasteiger partial charge in [-0.3, -0.25) is 0 Å². The van der Waals surface area contributed by atoms with Gasteiger partial charge in [0.2, 0.25) is 0 Å². The summed E-state index contributed by atoms with van der Waals surface area (Å²) in [6.07, 6.45) is 0.934. The Morgan fingerprint density at radius 3 is 2.57 bits per heavy atom. The molecule has 1 rings (SSSR count). The highest BCUT2D eigenvalue weighted by atomic mass is 16.3. The van der Waals surface area contributed by atoms with E-state index in [-0.39, 0.29) is 18.6 Å². The summed E-state index contributed by atoms with van der Waals surface area (Å²) in [4.78, 5) is 15.5. The van der Waals surface area contributed by atoms with Gasteiger partial charge in [0.15, 0.2) is 0 Å². The molecule has 4 heteroatoms. The molecule has 0 bridgehead atoms. The highest BCUT2D eigenvalue weighted by Gasteiger charge is 2.27. The number of carbonyl (C=O) groups is 1. The van der Waals surface area contributed by atoms with E-state index in [9.17, 15) is 4.79 Å².